The van der Waals surface area contributed by atoms with Crippen LogP contribution in [0.2, 0.25) is 0 Å². The Kier molecular flexibility index (Phi) is 5.19. The molecule has 0 radical (unpaired) electrons. The van der Waals surface area contributed by atoms with Crippen molar-refractivity contribution in [3.8, 4) is 0 Å². The first kappa shape index (κ1) is 18.7. The number of alkyl halides is 3. The molecule has 2 rings (SSSR count). The van der Waals surface area contributed by atoms with E-state index >= 15 is 0 Å². The molecule has 0 amide bonds. The van der Waals surface area contributed by atoms with Crippen LogP contribution < -0.4 is 10.7 Å². The molecular formula is C15H26F3N3OS. The summed E-state index contributed by atoms with van der Waals surface area (Å²) in [7, 11) is 0. The fraction of sp³-hybridized carbons (Fsp3) is 0.933. The number of rotatable bonds is 2. The Balaban J connectivity index is 2.20. The van der Waals surface area contributed by atoms with E-state index in [1.807, 2.05) is 13.8 Å². The predicted octanol–water partition coefficient (Wildman–Crippen LogP) is 3.07. The number of aliphatic hydroxyl groups is 1. The molecule has 1 heterocycles. The van der Waals surface area contributed by atoms with E-state index in [4.69, 9.17) is 12.2 Å². The van der Waals surface area contributed by atoms with Crippen LogP contribution in [-0.2, 0) is 0 Å². The highest BCUT2D eigenvalue weighted by Gasteiger charge is 2.66. The zero-order valence-corrected chi connectivity index (χ0v) is 14.7. The zero-order valence-electron chi connectivity index (χ0n) is 13.8. The molecule has 0 aromatic carbocycles. The molecule has 0 spiro atoms. The van der Waals surface area contributed by atoms with Crippen molar-refractivity contribution >= 4 is 17.3 Å². The Hall–Kier alpha value is -0.600. The lowest BCUT2D eigenvalue weighted by Crippen LogP contribution is -2.63. The van der Waals surface area contributed by atoms with E-state index in [0.717, 1.165) is 37.1 Å². The molecule has 3 N–H and O–H groups in total. The predicted molar refractivity (Wildman–Crippen MR) is 86.4 cm³/mol. The summed E-state index contributed by atoms with van der Waals surface area (Å²) >= 11 is 5.19. The van der Waals surface area contributed by atoms with Crippen molar-refractivity contribution in [3.63, 3.8) is 0 Å². The van der Waals surface area contributed by atoms with Gasteiger partial charge in [0, 0.05) is 18.0 Å². The topological polar surface area (TPSA) is 47.5 Å². The number of nitrogens with one attached hydrogen (secondary N) is 2. The molecule has 2 aliphatic rings. The zero-order chi connectivity index (χ0) is 17.5. The molecule has 23 heavy (non-hydrogen) atoms. The standard InChI is InChI=1S/C15H26F3N3OS/c1-10(2)13(3)9-14(22,15(16,17)18)21(20-13)12(23)19-11-7-5-4-6-8-11/h10-11,20,22H,4-9H2,1-3H3,(H,19,23). The number of hydrazine groups is 1. The van der Waals surface area contributed by atoms with E-state index in [1.165, 1.54) is 0 Å². The third-order valence-electron chi connectivity index (χ3n) is 5.21. The molecule has 2 unspecified atom stereocenters. The van der Waals surface area contributed by atoms with Gasteiger partial charge in [-0.15, -0.1) is 0 Å². The van der Waals surface area contributed by atoms with Crippen molar-refractivity contribution in [3.05, 3.63) is 0 Å². The first-order valence-corrected chi connectivity index (χ1v) is 8.58. The number of halogens is 3. The molecule has 8 heteroatoms. The second kappa shape index (κ2) is 6.37. The van der Waals surface area contributed by atoms with Crippen LogP contribution in [0.15, 0.2) is 0 Å². The minimum Gasteiger partial charge on any atom is -0.362 e. The van der Waals surface area contributed by atoms with Gasteiger partial charge in [0.15, 0.2) is 5.11 Å². The summed E-state index contributed by atoms with van der Waals surface area (Å²) in [5.74, 6) is -0.0983. The smallest absolute Gasteiger partial charge is 0.362 e. The molecule has 0 aromatic rings. The summed E-state index contributed by atoms with van der Waals surface area (Å²) in [5.41, 5.74) is -1.07. The van der Waals surface area contributed by atoms with E-state index < -0.39 is 23.9 Å². The van der Waals surface area contributed by atoms with Crippen LogP contribution in [0, 0.1) is 5.92 Å². The van der Waals surface area contributed by atoms with Crippen LogP contribution in [0.4, 0.5) is 13.2 Å². The number of hydrogen-bond acceptors (Lipinski definition) is 3. The maximum absolute atomic E-state index is 13.5. The number of thiocarbonyl (C=S) groups is 1. The maximum Gasteiger partial charge on any atom is 0.438 e. The summed E-state index contributed by atoms with van der Waals surface area (Å²) < 4.78 is 40.6. The summed E-state index contributed by atoms with van der Waals surface area (Å²) in [6.07, 6.45) is -0.259. The molecule has 0 aromatic heterocycles. The molecule has 1 aliphatic heterocycles. The van der Waals surface area contributed by atoms with Gasteiger partial charge in [-0.3, -0.25) is 0 Å². The fourth-order valence-corrected chi connectivity index (χ4v) is 3.61. The Labute approximate surface area is 140 Å². The van der Waals surface area contributed by atoms with Crippen LogP contribution >= 0.6 is 12.2 Å². The van der Waals surface area contributed by atoms with Gasteiger partial charge in [0.25, 0.3) is 5.72 Å². The average Bonchev–Trinajstić information content (AvgIpc) is 2.74. The van der Waals surface area contributed by atoms with Gasteiger partial charge in [-0.1, -0.05) is 33.1 Å². The van der Waals surface area contributed by atoms with Crippen molar-refractivity contribution in [2.75, 3.05) is 0 Å². The minimum absolute atomic E-state index is 0.0708. The van der Waals surface area contributed by atoms with Crippen LogP contribution in [0.3, 0.4) is 0 Å². The monoisotopic (exact) mass is 353 g/mol. The molecule has 0 bridgehead atoms. The lowest BCUT2D eigenvalue weighted by Gasteiger charge is -2.37. The SMILES string of the molecule is CC(C)C1(C)CC(O)(C(F)(F)F)N(C(=S)NC2CCCCC2)N1. The van der Waals surface area contributed by atoms with Crippen LogP contribution in [0.25, 0.3) is 0 Å². The first-order valence-electron chi connectivity index (χ1n) is 8.17. The summed E-state index contributed by atoms with van der Waals surface area (Å²) in [5, 5.41) is 14.0. The minimum atomic E-state index is -4.80. The summed E-state index contributed by atoms with van der Waals surface area (Å²) in [6, 6.07) is 0.0708. The van der Waals surface area contributed by atoms with E-state index in [2.05, 4.69) is 10.7 Å². The Morgan fingerprint density at radius 2 is 1.87 bits per heavy atom. The van der Waals surface area contributed by atoms with Crippen LogP contribution in [-0.4, -0.2) is 38.7 Å². The number of nitrogens with zero attached hydrogens (tertiary/aromatic N) is 1. The van der Waals surface area contributed by atoms with Gasteiger partial charge in [0.2, 0.25) is 0 Å². The van der Waals surface area contributed by atoms with Gasteiger partial charge < -0.3 is 10.4 Å². The lowest BCUT2D eigenvalue weighted by atomic mass is 9.83. The third-order valence-corrected chi connectivity index (χ3v) is 5.52. The highest BCUT2D eigenvalue weighted by molar-refractivity contribution is 7.80. The van der Waals surface area contributed by atoms with Gasteiger partial charge in [-0.2, -0.15) is 13.2 Å². The molecular weight excluding hydrogens is 327 g/mol. The molecule has 1 saturated heterocycles. The summed E-state index contributed by atoms with van der Waals surface area (Å²) in [4.78, 5) is 0. The van der Waals surface area contributed by atoms with Crippen LogP contribution in [0.5, 0.6) is 0 Å². The van der Waals surface area contributed by atoms with Gasteiger partial charge in [-0.25, -0.2) is 10.4 Å². The van der Waals surface area contributed by atoms with Crippen molar-refractivity contribution < 1.29 is 18.3 Å². The highest BCUT2D eigenvalue weighted by Crippen LogP contribution is 2.45. The molecule has 1 saturated carbocycles. The number of hydrogen-bond donors (Lipinski definition) is 3. The molecule has 1 aliphatic carbocycles. The average molecular weight is 353 g/mol. The Morgan fingerprint density at radius 3 is 2.35 bits per heavy atom. The van der Waals surface area contributed by atoms with E-state index in [-0.39, 0.29) is 17.1 Å². The van der Waals surface area contributed by atoms with Crippen molar-refractivity contribution in [2.24, 2.45) is 5.92 Å². The third kappa shape index (κ3) is 3.58. The van der Waals surface area contributed by atoms with Crippen LogP contribution in [0.1, 0.15) is 59.3 Å². The normalized spacial score (nSPS) is 33.3. The maximum atomic E-state index is 13.5. The fourth-order valence-electron chi connectivity index (χ4n) is 3.24. The Bertz CT molecular complexity index is 454. The van der Waals surface area contributed by atoms with Gasteiger partial charge in [0.05, 0.1) is 0 Å². The second-order valence-electron chi connectivity index (χ2n) is 7.29. The first-order chi connectivity index (χ1) is 10.5. The van der Waals surface area contributed by atoms with E-state index in [9.17, 15) is 18.3 Å². The summed E-state index contributed by atoms with van der Waals surface area (Å²) in [6.45, 7) is 5.33. The highest BCUT2D eigenvalue weighted by atomic mass is 32.1. The van der Waals surface area contributed by atoms with Crippen molar-refractivity contribution in [1.29, 1.82) is 0 Å². The van der Waals surface area contributed by atoms with Crippen molar-refractivity contribution in [2.45, 2.75) is 82.8 Å². The molecule has 2 atom stereocenters. The van der Waals surface area contributed by atoms with Gasteiger partial charge >= 0.3 is 6.18 Å². The van der Waals surface area contributed by atoms with E-state index in [0.29, 0.717) is 0 Å². The molecule has 4 nitrogen and oxygen atoms in total. The van der Waals surface area contributed by atoms with Crippen molar-refractivity contribution in [1.82, 2.24) is 15.8 Å². The van der Waals surface area contributed by atoms with Gasteiger partial charge in [0.1, 0.15) is 0 Å². The molecule has 2 fully saturated rings. The lowest BCUT2D eigenvalue weighted by molar-refractivity contribution is -0.297. The molecule has 134 valence electrons. The largest absolute Gasteiger partial charge is 0.438 e. The second-order valence-corrected chi connectivity index (χ2v) is 7.68. The van der Waals surface area contributed by atoms with Gasteiger partial charge in [-0.05, 0) is 37.9 Å². The van der Waals surface area contributed by atoms with E-state index in [1.54, 1.807) is 6.92 Å². The Morgan fingerprint density at radius 1 is 1.30 bits per heavy atom. The quantitative estimate of drug-likeness (QED) is 0.666.